The van der Waals surface area contributed by atoms with Crippen molar-refractivity contribution in [2.24, 2.45) is 22.7 Å². The van der Waals surface area contributed by atoms with Gasteiger partial charge in [-0.25, -0.2) is 4.79 Å². The fourth-order valence-corrected chi connectivity index (χ4v) is 13.0. The highest BCUT2D eigenvalue weighted by molar-refractivity contribution is 8.13. The third kappa shape index (κ3) is 31.4. The second-order valence-electron chi connectivity index (χ2n) is 23.2. The van der Waals surface area contributed by atoms with Gasteiger partial charge < -0.3 is 82.4 Å². The SMILES string of the molecule is [N-]=[N+]=NCC(=O)Sc1ccc(C(=O)NCCCCC(CCC(CC(=O)O)C(=O)CC(CO)C(=O)NCCOCCOCC(=O)NCCOCCOCC(=O)NC(CCCCNC(=O)CCCC[C@@H]2SC[C@@H]3NC(=O)N[C@@H]32)C(N)=O)NC(=O)CCCc2c[nH]c3ccccc23)cc1. The molecule has 3 heterocycles. The van der Waals surface area contributed by atoms with Gasteiger partial charge in [-0.15, -0.1) is 0 Å². The van der Waals surface area contributed by atoms with E-state index in [9.17, 15) is 63.0 Å². The Morgan fingerprint density at radius 1 is 0.698 bits per heavy atom. The highest BCUT2D eigenvalue weighted by Gasteiger charge is 2.42. The molecule has 5 rings (SSSR count). The van der Waals surface area contributed by atoms with Crippen molar-refractivity contribution in [1.82, 2.24) is 47.5 Å². The molecule has 2 fully saturated rings. The zero-order chi connectivity index (χ0) is 69.3. The Morgan fingerprint density at radius 3 is 2.09 bits per heavy atom. The Bertz CT molecular complexity index is 3050. The Hall–Kier alpha value is -7.84. The van der Waals surface area contributed by atoms with E-state index in [0.29, 0.717) is 86.6 Å². The van der Waals surface area contributed by atoms with Crippen LogP contribution in [0.25, 0.3) is 21.3 Å². The van der Waals surface area contributed by atoms with E-state index < -0.39 is 78.7 Å². The van der Waals surface area contributed by atoms with E-state index in [0.717, 1.165) is 53.2 Å². The molecule has 9 amide bonds. The molecule has 1 aromatic heterocycles. The number of amides is 9. The predicted octanol–water partition coefficient (Wildman–Crippen LogP) is 3.22. The highest BCUT2D eigenvalue weighted by Crippen LogP contribution is 2.33. The van der Waals surface area contributed by atoms with Crippen molar-refractivity contribution >= 4 is 98.7 Å². The second-order valence-corrected chi connectivity index (χ2v) is 25.6. The summed E-state index contributed by atoms with van der Waals surface area (Å²) >= 11 is 2.74. The quantitative estimate of drug-likeness (QED) is 0.00964. The van der Waals surface area contributed by atoms with Gasteiger partial charge in [0.25, 0.3) is 5.91 Å². The van der Waals surface area contributed by atoms with Crippen molar-refractivity contribution in [2.75, 3.05) is 97.9 Å². The normalized spacial score (nSPS) is 15.9. The number of ether oxygens (including phenoxy) is 4. The molecule has 7 atom stereocenters. The fraction of sp³-hybridized carbons (Fsp3) is 0.609. The summed E-state index contributed by atoms with van der Waals surface area (Å²) in [4.78, 5) is 144. The molecule has 2 aliphatic heterocycles. The number of aliphatic hydroxyl groups excluding tert-OH is 1. The summed E-state index contributed by atoms with van der Waals surface area (Å²) in [6.07, 6.45) is 8.64. The molecule has 4 unspecified atom stereocenters. The number of thioether (sulfide) groups is 2. The summed E-state index contributed by atoms with van der Waals surface area (Å²) < 4.78 is 21.6. The van der Waals surface area contributed by atoms with E-state index >= 15 is 0 Å². The summed E-state index contributed by atoms with van der Waals surface area (Å²) in [6, 6.07) is 13.1. The van der Waals surface area contributed by atoms with Crippen LogP contribution < -0.4 is 48.3 Å². The number of para-hydroxylation sites is 1. The molecule has 2 saturated heterocycles. The van der Waals surface area contributed by atoms with Crippen LogP contribution in [-0.4, -0.2) is 207 Å². The zero-order valence-corrected chi connectivity index (χ0v) is 55.8. The van der Waals surface area contributed by atoms with E-state index in [1.54, 1.807) is 24.3 Å². The molecule has 0 spiro atoms. The van der Waals surface area contributed by atoms with Gasteiger partial charge in [0.2, 0.25) is 35.4 Å². The minimum Gasteiger partial charge on any atom is -0.481 e. The summed E-state index contributed by atoms with van der Waals surface area (Å²) in [5, 5.41) is 46.9. The van der Waals surface area contributed by atoms with Crippen molar-refractivity contribution < 1.29 is 81.9 Å². The zero-order valence-electron chi connectivity index (χ0n) is 54.1. The Balaban J connectivity index is 0.889. The van der Waals surface area contributed by atoms with E-state index in [1.807, 2.05) is 42.2 Å². The number of fused-ring (bicyclic) bond motifs is 2. The highest BCUT2D eigenvalue weighted by atomic mass is 32.2. The van der Waals surface area contributed by atoms with Crippen LogP contribution in [0.4, 0.5) is 4.79 Å². The lowest BCUT2D eigenvalue weighted by Gasteiger charge is -2.23. The van der Waals surface area contributed by atoms with Gasteiger partial charge in [0.05, 0.1) is 77.2 Å². The number of aromatic nitrogens is 1. The fourth-order valence-electron chi connectivity index (χ4n) is 10.8. The number of urea groups is 1. The third-order valence-electron chi connectivity index (χ3n) is 15.9. The number of primary amides is 1. The first-order valence-electron chi connectivity index (χ1n) is 32.6. The maximum atomic E-state index is 13.7. The van der Waals surface area contributed by atoms with Crippen LogP contribution in [0.15, 0.2) is 64.7 Å². The van der Waals surface area contributed by atoms with Gasteiger partial charge >= 0.3 is 12.0 Å². The molecule has 2 aromatic carbocycles. The smallest absolute Gasteiger partial charge is 0.315 e. The monoisotopic (exact) mass is 1380 g/mol. The number of azide groups is 1. The van der Waals surface area contributed by atoms with Gasteiger partial charge in [-0.3, -0.25) is 47.9 Å². The summed E-state index contributed by atoms with van der Waals surface area (Å²) in [5.74, 6) is -5.92. The summed E-state index contributed by atoms with van der Waals surface area (Å²) in [7, 11) is 0. The molecule has 528 valence electrons. The topological polar surface area (TPSA) is 452 Å². The van der Waals surface area contributed by atoms with Crippen LogP contribution in [0.1, 0.15) is 119 Å². The van der Waals surface area contributed by atoms with Crippen LogP contribution in [0.2, 0.25) is 0 Å². The van der Waals surface area contributed by atoms with Crippen molar-refractivity contribution in [3.8, 4) is 0 Å². The number of H-pyrrole nitrogens is 1. The molecule has 0 bridgehead atoms. The molecule has 30 nitrogen and oxygen atoms in total. The number of ketones is 1. The molecule has 3 aromatic rings. The molecule has 0 saturated carbocycles. The molecule has 96 heavy (non-hydrogen) atoms. The lowest BCUT2D eigenvalue weighted by molar-refractivity contribution is -0.141. The standard InChI is InChI=1S/C64H93N13O17S2/c65-61(87)50(14-6-8-24-67-54(80)16-4-3-15-53-60-51(41-95-53)75-64(90)76-60)74-57(83)40-94-33-31-91-28-26-68-56(82)39-93-32-30-92-29-27-70-63(89)45(38-78)34-52(79)43(35-58(84)85)18-21-46(73-55(81)17-9-10-44-36-71-49-13-2-1-12-48(44)49)11-5-7-25-69-62(88)42-19-22-47(23-20-42)96-59(86)37-72-77-66/h1-2,12-13,19-20,22-23,36,43,45-46,50-51,53,60,71,78H,3-11,14-18,21,24-35,37-41H2,(H2,65,87)(H,67,80)(H,68,82)(H,69,88)(H,70,89)(H,73,81)(H,74,83)(H,84,85)(H2,75,76,90)/t43?,45?,46?,50?,51-,53-,60-/m0/s1. The number of rotatable bonds is 52. The first-order chi connectivity index (χ1) is 46.4. The van der Waals surface area contributed by atoms with Crippen molar-refractivity contribution in [3.63, 3.8) is 0 Å². The third-order valence-corrected chi connectivity index (χ3v) is 18.2. The van der Waals surface area contributed by atoms with Gasteiger partial charge in [0.1, 0.15) is 25.0 Å². The number of aliphatic hydroxyl groups is 1. The number of carboxylic acid groups (broad SMARTS) is 1. The number of nitrogens with two attached hydrogens (primary N) is 1. The number of aryl methyl sites for hydroxylation is 1. The number of nitrogens with one attached hydrogen (secondary N) is 9. The van der Waals surface area contributed by atoms with Gasteiger partial charge in [-0.2, -0.15) is 11.8 Å². The number of nitrogens with zero attached hydrogens (tertiary/aromatic N) is 3. The van der Waals surface area contributed by atoms with Crippen LogP contribution in [-0.2, 0) is 68.5 Å². The number of Topliss-reactive ketones (excluding diaryl/α,β-unsaturated/α-hetero) is 1. The first kappa shape index (κ1) is 78.9. The molecular formula is C64H93N13O17S2. The van der Waals surface area contributed by atoms with E-state index in [2.05, 4.69) is 57.5 Å². The molecule has 13 N–H and O–H groups in total. The Labute approximate surface area is 566 Å². The van der Waals surface area contributed by atoms with E-state index in [4.69, 9.17) is 30.2 Å². The molecule has 0 aliphatic carbocycles. The number of unbranched alkanes of at least 4 members (excludes halogenated alkanes) is 3. The number of carbonyl (C=O) groups excluding carboxylic acids is 10. The van der Waals surface area contributed by atoms with Gasteiger partial charge in [-0.05, 0) is 118 Å². The lowest BCUT2D eigenvalue weighted by atomic mass is 9.87. The average Bonchev–Trinajstić information content (AvgIpc) is 1.68. The number of carboxylic acids is 1. The number of carbonyl (C=O) groups is 11. The average molecular weight is 1380 g/mol. The largest absolute Gasteiger partial charge is 0.481 e. The molecule has 2 aliphatic rings. The number of hydrogen-bond donors (Lipinski definition) is 12. The Morgan fingerprint density at radius 2 is 1.38 bits per heavy atom. The van der Waals surface area contributed by atoms with Crippen molar-refractivity contribution in [1.29, 1.82) is 0 Å². The van der Waals surface area contributed by atoms with Crippen molar-refractivity contribution in [3.05, 3.63) is 76.3 Å². The lowest BCUT2D eigenvalue weighted by Crippen LogP contribution is -2.45. The first-order valence-corrected chi connectivity index (χ1v) is 34.5. The number of benzene rings is 2. The summed E-state index contributed by atoms with van der Waals surface area (Å²) in [5.41, 5.74) is 16.4. The van der Waals surface area contributed by atoms with Crippen LogP contribution in [0.5, 0.6) is 0 Å². The molecule has 0 radical (unpaired) electrons. The van der Waals surface area contributed by atoms with Gasteiger partial charge in [0.15, 0.2) is 5.12 Å². The van der Waals surface area contributed by atoms with Crippen molar-refractivity contribution in [2.45, 2.75) is 143 Å². The number of aliphatic carboxylic acids is 1. The van der Waals surface area contributed by atoms with Crippen LogP contribution >= 0.6 is 23.5 Å². The van der Waals surface area contributed by atoms with E-state index in [1.165, 1.54) is 0 Å². The number of aromatic amines is 1. The Kier molecular flexibility index (Phi) is 37.4. The maximum absolute atomic E-state index is 13.7. The predicted molar refractivity (Wildman–Crippen MR) is 357 cm³/mol. The van der Waals surface area contributed by atoms with E-state index in [-0.39, 0.29) is 133 Å². The molecular weight excluding hydrogens is 1290 g/mol. The van der Waals surface area contributed by atoms with Crippen LogP contribution in [0, 0.1) is 11.8 Å². The number of hydrogen-bond acceptors (Lipinski definition) is 19. The minimum absolute atomic E-state index is 0.0122. The minimum atomic E-state index is -1.23. The second kappa shape index (κ2) is 45.6. The van der Waals surface area contributed by atoms with Gasteiger partial charge in [-0.1, -0.05) is 41.5 Å². The molecule has 32 heteroatoms. The maximum Gasteiger partial charge on any atom is 0.315 e. The van der Waals surface area contributed by atoms with Crippen LogP contribution in [0.3, 0.4) is 0 Å². The van der Waals surface area contributed by atoms with Gasteiger partial charge in [0, 0.05) is 101 Å². The summed E-state index contributed by atoms with van der Waals surface area (Å²) in [6.45, 7) is -0.172.